The number of benzene rings is 2. The molecule has 0 aliphatic rings. The van der Waals surface area contributed by atoms with Gasteiger partial charge >= 0.3 is 0 Å². The van der Waals surface area contributed by atoms with E-state index in [0.29, 0.717) is 10.8 Å². The summed E-state index contributed by atoms with van der Waals surface area (Å²) in [5.41, 5.74) is 4.00. The van der Waals surface area contributed by atoms with Gasteiger partial charge in [0.25, 0.3) is 5.56 Å². The summed E-state index contributed by atoms with van der Waals surface area (Å²) in [6, 6.07) is 18.8. The maximum absolute atomic E-state index is 12.5. The molecule has 0 aliphatic carbocycles. The first kappa shape index (κ1) is 19.1. The third kappa shape index (κ3) is 3.57. The van der Waals surface area contributed by atoms with Crippen molar-refractivity contribution in [3.63, 3.8) is 0 Å². The molecule has 0 spiro atoms. The van der Waals surface area contributed by atoms with Crippen molar-refractivity contribution in [3.05, 3.63) is 93.4 Å². The molecule has 0 unspecified atom stereocenters. The zero-order chi connectivity index (χ0) is 21.4. The highest BCUT2D eigenvalue weighted by Crippen LogP contribution is 2.25. The molecule has 0 saturated heterocycles. The molecule has 0 radical (unpaired) electrons. The molecular formula is C22H17ClN6O2. The summed E-state index contributed by atoms with van der Waals surface area (Å²) in [5, 5.41) is 15.7. The van der Waals surface area contributed by atoms with Gasteiger partial charge in [-0.05, 0) is 47.5 Å². The van der Waals surface area contributed by atoms with Crippen LogP contribution in [0.2, 0.25) is 5.02 Å². The van der Waals surface area contributed by atoms with Crippen LogP contribution < -0.4 is 10.4 Å². The molecule has 0 bridgehead atoms. The molecule has 154 valence electrons. The van der Waals surface area contributed by atoms with Crippen molar-refractivity contribution in [2.75, 3.05) is 0 Å². The quantitative estimate of drug-likeness (QED) is 0.458. The van der Waals surface area contributed by atoms with E-state index in [0.717, 1.165) is 33.4 Å². The Hall–Kier alpha value is -3.91. The van der Waals surface area contributed by atoms with Crippen LogP contribution in [0.5, 0.6) is 0 Å². The van der Waals surface area contributed by atoms with Gasteiger partial charge in [-0.15, -0.1) is 14.9 Å². The van der Waals surface area contributed by atoms with Crippen LogP contribution >= 0.6 is 11.6 Å². The fourth-order valence-electron chi connectivity index (χ4n) is 3.54. The van der Waals surface area contributed by atoms with Crippen molar-refractivity contribution in [1.82, 2.24) is 29.9 Å². The van der Waals surface area contributed by atoms with Crippen molar-refractivity contribution in [2.24, 2.45) is 0 Å². The largest absolute Gasteiger partial charge is 0.405 e. The van der Waals surface area contributed by atoms with E-state index in [1.165, 1.54) is 4.73 Å². The molecule has 5 aromatic rings. The van der Waals surface area contributed by atoms with Crippen molar-refractivity contribution in [3.8, 4) is 17.2 Å². The highest BCUT2D eigenvalue weighted by Gasteiger charge is 2.13. The number of halogens is 1. The molecule has 8 nitrogen and oxygen atoms in total. The van der Waals surface area contributed by atoms with Crippen LogP contribution in [-0.4, -0.2) is 29.9 Å². The molecule has 5 rings (SSSR count). The Morgan fingerprint density at radius 3 is 2.68 bits per heavy atom. The second-order valence-corrected chi connectivity index (χ2v) is 7.50. The number of nitrogens with one attached hydrogen (secondary N) is 1. The van der Waals surface area contributed by atoms with Gasteiger partial charge in [0.1, 0.15) is 6.61 Å². The van der Waals surface area contributed by atoms with Crippen LogP contribution in [0, 0.1) is 6.92 Å². The lowest BCUT2D eigenvalue weighted by Crippen LogP contribution is -2.26. The van der Waals surface area contributed by atoms with Gasteiger partial charge in [0.15, 0.2) is 0 Å². The van der Waals surface area contributed by atoms with Crippen LogP contribution in [0.3, 0.4) is 0 Å². The Bertz CT molecular complexity index is 1420. The fraction of sp³-hybridized carbons (Fsp3) is 0.0909. The van der Waals surface area contributed by atoms with E-state index in [2.05, 4.69) is 20.6 Å². The number of fused-ring (bicyclic) bond motifs is 1. The maximum Gasteiger partial charge on any atom is 0.283 e. The zero-order valence-electron chi connectivity index (χ0n) is 16.5. The van der Waals surface area contributed by atoms with Gasteiger partial charge in [0.05, 0.1) is 16.2 Å². The van der Waals surface area contributed by atoms with E-state index in [1.54, 1.807) is 18.3 Å². The minimum Gasteiger partial charge on any atom is -0.405 e. The first-order valence-electron chi connectivity index (χ1n) is 9.56. The summed E-state index contributed by atoms with van der Waals surface area (Å²) in [4.78, 5) is 18.3. The van der Waals surface area contributed by atoms with E-state index in [9.17, 15) is 4.79 Å². The number of hydrogen-bond acceptors (Lipinski definition) is 5. The highest BCUT2D eigenvalue weighted by atomic mass is 35.5. The minimum atomic E-state index is -0.195. The third-order valence-corrected chi connectivity index (χ3v) is 5.23. The Morgan fingerprint density at radius 1 is 1.10 bits per heavy atom. The van der Waals surface area contributed by atoms with E-state index < -0.39 is 0 Å². The maximum atomic E-state index is 12.5. The molecule has 3 aromatic heterocycles. The fourth-order valence-corrected chi connectivity index (χ4v) is 3.74. The van der Waals surface area contributed by atoms with Gasteiger partial charge in [-0.25, -0.2) is 0 Å². The first-order chi connectivity index (χ1) is 15.1. The summed E-state index contributed by atoms with van der Waals surface area (Å²) >= 11 is 6.20. The normalized spacial score (nSPS) is 11.2. The van der Waals surface area contributed by atoms with E-state index in [4.69, 9.17) is 16.4 Å². The highest BCUT2D eigenvalue weighted by molar-refractivity contribution is 6.30. The molecule has 0 aliphatic heterocycles. The summed E-state index contributed by atoms with van der Waals surface area (Å²) in [5.74, 6) is 0.449. The number of tetrazole rings is 1. The van der Waals surface area contributed by atoms with Gasteiger partial charge in [-0.3, -0.25) is 4.79 Å². The SMILES string of the molecule is Cc1cc(=O)n(OCc2ccc(-n3cc(Cl)cc3-c3nn[nH]n3)cc2)c2ccccc12. The predicted molar refractivity (Wildman–Crippen MR) is 117 cm³/mol. The summed E-state index contributed by atoms with van der Waals surface area (Å²) < 4.78 is 3.23. The topological polar surface area (TPSA) is 90.6 Å². The first-order valence-corrected chi connectivity index (χ1v) is 9.94. The molecule has 0 atom stereocenters. The molecule has 1 N–H and O–H groups in total. The number of rotatable bonds is 5. The van der Waals surface area contributed by atoms with Crippen molar-refractivity contribution >= 4 is 22.5 Å². The number of pyridine rings is 1. The monoisotopic (exact) mass is 432 g/mol. The third-order valence-electron chi connectivity index (χ3n) is 5.02. The van der Waals surface area contributed by atoms with Crippen LogP contribution in [0.4, 0.5) is 0 Å². The molecule has 31 heavy (non-hydrogen) atoms. The molecule has 3 heterocycles. The van der Waals surface area contributed by atoms with Gasteiger partial charge < -0.3 is 9.40 Å². The lowest BCUT2D eigenvalue weighted by molar-refractivity contribution is 0.0992. The molecule has 9 heteroatoms. The van der Waals surface area contributed by atoms with E-state index in [-0.39, 0.29) is 12.2 Å². The van der Waals surface area contributed by atoms with E-state index in [1.807, 2.05) is 60.0 Å². The molecular weight excluding hydrogens is 416 g/mol. The van der Waals surface area contributed by atoms with Crippen molar-refractivity contribution < 1.29 is 4.84 Å². The lowest BCUT2D eigenvalue weighted by Gasteiger charge is -2.13. The molecule has 0 amide bonds. The number of hydrogen-bond donors (Lipinski definition) is 1. The van der Waals surface area contributed by atoms with Crippen LogP contribution in [-0.2, 0) is 6.61 Å². The molecule has 0 saturated carbocycles. The average Bonchev–Trinajstić information content (AvgIpc) is 3.44. The van der Waals surface area contributed by atoms with Crippen LogP contribution in [0.25, 0.3) is 28.1 Å². The second kappa shape index (κ2) is 7.73. The van der Waals surface area contributed by atoms with Crippen molar-refractivity contribution in [1.29, 1.82) is 0 Å². The predicted octanol–water partition coefficient (Wildman–Crippen LogP) is 3.56. The minimum absolute atomic E-state index is 0.195. The van der Waals surface area contributed by atoms with Gasteiger partial charge in [0, 0.05) is 23.3 Å². The summed E-state index contributed by atoms with van der Waals surface area (Å²) in [6.07, 6.45) is 1.79. The Morgan fingerprint density at radius 2 is 1.90 bits per heavy atom. The Balaban J connectivity index is 1.41. The van der Waals surface area contributed by atoms with Crippen molar-refractivity contribution in [2.45, 2.75) is 13.5 Å². The van der Waals surface area contributed by atoms with Crippen LogP contribution in [0.15, 0.2) is 71.7 Å². The summed E-state index contributed by atoms with van der Waals surface area (Å²) in [6.45, 7) is 2.17. The lowest BCUT2D eigenvalue weighted by atomic mass is 10.1. The number of aryl methyl sites for hydroxylation is 1. The van der Waals surface area contributed by atoms with E-state index >= 15 is 0 Å². The number of nitrogens with zero attached hydrogens (tertiary/aromatic N) is 5. The summed E-state index contributed by atoms with van der Waals surface area (Å²) in [7, 11) is 0. The second-order valence-electron chi connectivity index (χ2n) is 7.07. The number of aromatic nitrogens is 6. The number of para-hydroxylation sites is 1. The Kier molecular flexibility index (Phi) is 4.76. The van der Waals surface area contributed by atoms with Gasteiger partial charge in [0.2, 0.25) is 5.82 Å². The molecule has 0 fully saturated rings. The zero-order valence-corrected chi connectivity index (χ0v) is 17.2. The molecule has 2 aromatic carbocycles. The standard InChI is InChI=1S/C22H17ClN6O2/c1-14-10-21(30)29(19-5-3-2-4-18(14)19)31-13-15-6-8-17(9-7-15)28-12-16(23)11-20(28)22-24-26-27-25-22/h2-12H,13H2,1H3,(H,24,25,26,27). The smallest absolute Gasteiger partial charge is 0.283 e. The number of H-pyrrole nitrogens is 1. The van der Waals surface area contributed by atoms with Gasteiger partial charge in [-0.1, -0.05) is 41.9 Å². The van der Waals surface area contributed by atoms with Crippen LogP contribution in [0.1, 0.15) is 11.1 Å². The number of aromatic amines is 1. The Labute approximate surface area is 181 Å². The van der Waals surface area contributed by atoms with Gasteiger partial charge in [-0.2, -0.15) is 5.21 Å². The average molecular weight is 433 g/mol.